The molecule has 0 saturated heterocycles. The van der Waals surface area contributed by atoms with E-state index in [1.54, 1.807) is 0 Å². The molecule has 0 unspecified atom stereocenters. The third kappa shape index (κ3) is 3.05. The molecule has 0 saturated carbocycles. The second-order valence-corrected chi connectivity index (χ2v) is 4.73. The second kappa shape index (κ2) is 6.15. The predicted molar refractivity (Wildman–Crippen MR) is 76.1 cm³/mol. The molecular weight excluding hydrogens is 285 g/mol. The van der Waals surface area contributed by atoms with Crippen LogP contribution >= 0.6 is 11.6 Å². The lowest BCUT2D eigenvalue weighted by Crippen LogP contribution is -2.24. The van der Waals surface area contributed by atoms with Gasteiger partial charge in [-0.1, -0.05) is 24.9 Å². The Labute approximate surface area is 120 Å². The lowest BCUT2D eigenvalue weighted by molar-refractivity contribution is 0.268. The van der Waals surface area contributed by atoms with Crippen molar-refractivity contribution in [3.05, 3.63) is 17.0 Å². The van der Waals surface area contributed by atoms with Crippen LogP contribution in [0, 0.1) is 5.82 Å². The van der Waals surface area contributed by atoms with E-state index in [0.29, 0.717) is 11.3 Å². The van der Waals surface area contributed by atoms with E-state index in [4.69, 9.17) is 17.3 Å². The van der Waals surface area contributed by atoms with Gasteiger partial charge in [0.2, 0.25) is 5.95 Å². The molecule has 0 aromatic carbocycles. The highest BCUT2D eigenvalue weighted by atomic mass is 35.5. The fraction of sp³-hybridized carbons (Fsp3) is 0.417. The van der Waals surface area contributed by atoms with Crippen molar-refractivity contribution in [3.63, 3.8) is 0 Å². The Balaban J connectivity index is 2.48. The third-order valence-corrected chi connectivity index (χ3v) is 3.06. The average molecular weight is 300 g/mol. The van der Waals surface area contributed by atoms with Crippen LogP contribution in [0.15, 0.2) is 6.07 Å². The molecule has 2 aromatic rings. The zero-order valence-corrected chi connectivity index (χ0v) is 11.7. The van der Waals surface area contributed by atoms with Gasteiger partial charge >= 0.3 is 0 Å². The van der Waals surface area contributed by atoms with Gasteiger partial charge in [0.15, 0.2) is 16.8 Å². The van der Waals surface area contributed by atoms with Crippen molar-refractivity contribution in [2.75, 3.05) is 17.7 Å². The van der Waals surface area contributed by atoms with Crippen molar-refractivity contribution < 1.29 is 9.50 Å². The first kappa shape index (κ1) is 14.7. The molecule has 6 nitrogen and oxygen atoms in total. The summed E-state index contributed by atoms with van der Waals surface area (Å²) in [6.07, 6.45) is 1.64. The molecule has 108 valence electrons. The fourth-order valence-corrected chi connectivity index (χ4v) is 2.02. The van der Waals surface area contributed by atoms with Gasteiger partial charge in [-0.3, -0.25) is 0 Å². The van der Waals surface area contributed by atoms with Gasteiger partial charge in [0.05, 0.1) is 18.2 Å². The number of halogens is 2. The number of nitrogens with zero attached hydrogens (tertiary/aromatic N) is 3. The number of aliphatic hydroxyl groups excluding tert-OH is 1. The molecule has 20 heavy (non-hydrogen) atoms. The smallest absolute Gasteiger partial charge is 0.222 e. The summed E-state index contributed by atoms with van der Waals surface area (Å²) in [6, 6.07) is 0.963. The Bertz CT molecular complexity index is 624. The summed E-state index contributed by atoms with van der Waals surface area (Å²) in [5, 5.41) is 12.1. The van der Waals surface area contributed by atoms with Crippen molar-refractivity contribution in [2.45, 2.75) is 25.8 Å². The standard InChI is InChI=1S/C12H15ClFN5O/c1-2-3-6(5-20)16-11-9-8(17-12(15)19-11)4-7(14)10(13)18-9/h4,6,20H,2-3,5H2,1H3,(H3,15,16,17,19)/t6-/m0/s1. The molecule has 0 fully saturated rings. The minimum atomic E-state index is -0.671. The highest BCUT2D eigenvalue weighted by Gasteiger charge is 2.15. The summed E-state index contributed by atoms with van der Waals surface area (Å²) < 4.78 is 13.4. The molecular formula is C12H15ClFN5O. The molecule has 1 atom stereocenters. The van der Waals surface area contributed by atoms with Crippen LogP contribution in [0.1, 0.15) is 19.8 Å². The van der Waals surface area contributed by atoms with Crippen LogP contribution in [0.25, 0.3) is 11.0 Å². The number of anilines is 2. The second-order valence-electron chi connectivity index (χ2n) is 4.37. The van der Waals surface area contributed by atoms with Crippen LogP contribution in [-0.2, 0) is 0 Å². The number of nitrogen functional groups attached to an aromatic ring is 1. The molecule has 2 heterocycles. The third-order valence-electron chi connectivity index (χ3n) is 2.80. The van der Waals surface area contributed by atoms with E-state index in [2.05, 4.69) is 20.3 Å². The number of nitrogens with one attached hydrogen (secondary N) is 1. The Hall–Kier alpha value is -1.73. The van der Waals surface area contributed by atoms with Crippen LogP contribution in [0.4, 0.5) is 16.2 Å². The number of hydrogen-bond acceptors (Lipinski definition) is 6. The summed E-state index contributed by atoms with van der Waals surface area (Å²) in [7, 11) is 0. The maximum Gasteiger partial charge on any atom is 0.222 e. The van der Waals surface area contributed by atoms with E-state index in [-0.39, 0.29) is 29.3 Å². The summed E-state index contributed by atoms with van der Waals surface area (Å²) in [5.41, 5.74) is 6.17. The highest BCUT2D eigenvalue weighted by Crippen LogP contribution is 2.24. The molecule has 0 radical (unpaired) electrons. The molecule has 0 aliphatic carbocycles. The Kier molecular flexibility index (Phi) is 4.51. The van der Waals surface area contributed by atoms with Gasteiger partial charge in [-0.05, 0) is 6.42 Å². The van der Waals surface area contributed by atoms with Gasteiger partial charge in [-0.25, -0.2) is 14.4 Å². The number of pyridine rings is 1. The molecule has 0 aliphatic rings. The van der Waals surface area contributed by atoms with Crippen LogP contribution in [0.3, 0.4) is 0 Å². The van der Waals surface area contributed by atoms with Crippen molar-refractivity contribution >= 4 is 34.4 Å². The monoisotopic (exact) mass is 299 g/mol. The zero-order valence-electron chi connectivity index (χ0n) is 10.9. The van der Waals surface area contributed by atoms with Gasteiger partial charge in [0.25, 0.3) is 0 Å². The number of rotatable bonds is 5. The SMILES string of the molecule is CCC[C@@H](CO)Nc1nc(N)nc2cc(F)c(Cl)nc12. The minimum absolute atomic E-state index is 0.00305. The van der Waals surface area contributed by atoms with E-state index in [0.717, 1.165) is 18.9 Å². The number of aliphatic hydroxyl groups is 1. The minimum Gasteiger partial charge on any atom is -0.394 e. The maximum atomic E-state index is 13.4. The summed E-state index contributed by atoms with van der Waals surface area (Å²) >= 11 is 5.68. The summed E-state index contributed by atoms with van der Waals surface area (Å²) in [4.78, 5) is 11.9. The van der Waals surface area contributed by atoms with E-state index in [9.17, 15) is 9.50 Å². The zero-order chi connectivity index (χ0) is 14.7. The number of aromatic nitrogens is 3. The first-order valence-electron chi connectivity index (χ1n) is 6.21. The van der Waals surface area contributed by atoms with Crippen molar-refractivity contribution in [3.8, 4) is 0 Å². The molecule has 2 rings (SSSR count). The molecule has 2 aromatic heterocycles. The maximum absolute atomic E-state index is 13.4. The Morgan fingerprint density at radius 3 is 2.85 bits per heavy atom. The first-order valence-corrected chi connectivity index (χ1v) is 6.59. The predicted octanol–water partition coefficient (Wildman–Crippen LogP) is 1.97. The molecule has 4 N–H and O–H groups in total. The molecule has 0 amide bonds. The van der Waals surface area contributed by atoms with Crippen molar-refractivity contribution in [2.24, 2.45) is 0 Å². The van der Waals surface area contributed by atoms with Crippen LogP contribution in [0.5, 0.6) is 0 Å². The van der Waals surface area contributed by atoms with E-state index in [1.807, 2.05) is 6.92 Å². The summed E-state index contributed by atoms with van der Waals surface area (Å²) in [6.45, 7) is 1.94. The van der Waals surface area contributed by atoms with Gasteiger partial charge in [-0.2, -0.15) is 4.98 Å². The fourth-order valence-electron chi connectivity index (χ4n) is 1.88. The number of fused-ring (bicyclic) bond motifs is 1. The first-order chi connectivity index (χ1) is 9.55. The van der Waals surface area contributed by atoms with Crippen molar-refractivity contribution in [1.82, 2.24) is 15.0 Å². The largest absolute Gasteiger partial charge is 0.394 e. The molecule has 0 bridgehead atoms. The van der Waals surface area contributed by atoms with E-state index >= 15 is 0 Å². The number of hydrogen-bond donors (Lipinski definition) is 3. The van der Waals surface area contributed by atoms with Gasteiger partial charge in [-0.15, -0.1) is 0 Å². The lowest BCUT2D eigenvalue weighted by Gasteiger charge is -2.17. The van der Waals surface area contributed by atoms with Gasteiger partial charge in [0.1, 0.15) is 5.52 Å². The normalized spacial score (nSPS) is 12.6. The topological polar surface area (TPSA) is 97.0 Å². The van der Waals surface area contributed by atoms with Crippen molar-refractivity contribution in [1.29, 1.82) is 0 Å². The van der Waals surface area contributed by atoms with Gasteiger partial charge < -0.3 is 16.2 Å². The van der Waals surface area contributed by atoms with Crippen LogP contribution in [-0.4, -0.2) is 32.7 Å². The van der Waals surface area contributed by atoms with Gasteiger partial charge in [0, 0.05) is 6.07 Å². The van der Waals surface area contributed by atoms with E-state index in [1.165, 1.54) is 0 Å². The lowest BCUT2D eigenvalue weighted by atomic mass is 10.2. The molecule has 0 aliphatic heterocycles. The van der Waals surface area contributed by atoms with Crippen LogP contribution < -0.4 is 11.1 Å². The quantitative estimate of drug-likeness (QED) is 0.730. The van der Waals surface area contributed by atoms with Crippen LogP contribution in [0.2, 0.25) is 5.15 Å². The Morgan fingerprint density at radius 1 is 1.45 bits per heavy atom. The molecule has 0 spiro atoms. The molecule has 8 heteroatoms. The average Bonchev–Trinajstić information content (AvgIpc) is 2.40. The highest BCUT2D eigenvalue weighted by molar-refractivity contribution is 6.30. The number of nitrogens with two attached hydrogens (primary N) is 1. The summed E-state index contributed by atoms with van der Waals surface area (Å²) in [5.74, 6) is -0.339. The Morgan fingerprint density at radius 2 is 2.20 bits per heavy atom. The van der Waals surface area contributed by atoms with E-state index < -0.39 is 5.82 Å².